The van der Waals surface area contributed by atoms with Gasteiger partial charge in [0.25, 0.3) is 0 Å². The number of nitrogen functional groups attached to an aromatic ring is 1. The van der Waals surface area contributed by atoms with E-state index in [2.05, 4.69) is 18.8 Å². The highest BCUT2D eigenvalue weighted by Crippen LogP contribution is 2.14. The fraction of sp³-hybridized carbons (Fsp3) is 0.750. The summed E-state index contributed by atoms with van der Waals surface area (Å²) in [4.78, 5) is 4.34. The van der Waals surface area contributed by atoms with Gasteiger partial charge in [0.15, 0.2) is 0 Å². The molecule has 2 N–H and O–H groups in total. The predicted octanol–water partition coefficient (Wildman–Crippen LogP) is 3.00. The zero-order chi connectivity index (χ0) is 11.1. The van der Waals surface area contributed by atoms with Crippen LogP contribution in [-0.2, 0) is 13.0 Å². The summed E-state index contributed by atoms with van der Waals surface area (Å²) in [5, 5.41) is 0. The van der Waals surface area contributed by atoms with Crippen molar-refractivity contribution >= 4 is 5.82 Å². The van der Waals surface area contributed by atoms with E-state index in [1.807, 2.05) is 10.9 Å². The van der Waals surface area contributed by atoms with E-state index in [9.17, 15) is 0 Å². The summed E-state index contributed by atoms with van der Waals surface area (Å²) in [7, 11) is 0. The average molecular weight is 209 g/mol. The Bertz CT molecular complexity index is 278. The van der Waals surface area contributed by atoms with Gasteiger partial charge < -0.3 is 10.3 Å². The van der Waals surface area contributed by atoms with Gasteiger partial charge in [-0.1, -0.05) is 32.6 Å². The highest BCUT2D eigenvalue weighted by molar-refractivity contribution is 5.35. The maximum absolute atomic E-state index is 5.96. The van der Waals surface area contributed by atoms with Crippen molar-refractivity contribution in [1.82, 2.24) is 9.55 Å². The Morgan fingerprint density at radius 1 is 1.20 bits per heavy atom. The number of nitrogens with two attached hydrogens (primary N) is 1. The topological polar surface area (TPSA) is 43.8 Å². The molecule has 1 rings (SSSR count). The quantitative estimate of drug-likeness (QED) is 0.701. The summed E-state index contributed by atoms with van der Waals surface area (Å²) in [5.74, 6) is 0.855. The molecule has 15 heavy (non-hydrogen) atoms. The van der Waals surface area contributed by atoms with E-state index in [-0.39, 0.29) is 0 Å². The molecular weight excluding hydrogens is 186 g/mol. The number of imidazole rings is 1. The number of aromatic nitrogens is 2. The lowest BCUT2D eigenvalue weighted by molar-refractivity contribution is 0.629. The molecule has 1 aromatic rings. The van der Waals surface area contributed by atoms with Crippen molar-refractivity contribution in [2.24, 2.45) is 0 Å². The monoisotopic (exact) mass is 209 g/mol. The van der Waals surface area contributed by atoms with Crippen molar-refractivity contribution in [3.8, 4) is 0 Å². The highest BCUT2D eigenvalue weighted by atomic mass is 15.1. The van der Waals surface area contributed by atoms with E-state index in [1.165, 1.54) is 32.1 Å². The molecule has 0 unspecified atom stereocenters. The number of unbranched alkanes of at least 4 members (excludes halogenated alkanes) is 4. The van der Waals surface area contributed by atoms with Crippen LogP contribution in [0, 0.1) is 0 Å². The molecule has 0 aliphatic carbocycles. The number of nitrogens with zero attached hydrogens (tertiary/aromatic N) is 2. The van der Waals surface area contributed by atoms with E-state index in [0.717, 1.165) is 24.5 Å². The Hall–Kier alpha value is -0.990. The molecule has 0 atom stereocenters. The summed E-state index contributed by atoms with van der Waals surface area (Å²) in [6.07, 6.45) is 9.37. The molecule has 1 heterocycles. The third kappa shape index (κ3) is 3.57. The average Bonchev–Trinajstić information content (AvgIpc) is 2.60. The molecule has 0 spiro atoms. The number of hydrogen-bond acceptors (Lipinski definition) is 2. The normalized spacial score (nSPS) is 10.8. The smallest absolute Gasteiger partial charge is 0.126 e. The highest BCUT2D eigenvalue weighted by Gasteiger charge is 2.05. The SMILES string of the molecule is CCCCCCCc1ncn(CC)c1N. The lowest BCUT2D eigenvalue weighted by Crippen LogP contribution is -2.01. The van der Waals surface area contributed by atoms with Crippen molar-refractivity contribution in [1.29, 1.82) is 0 Å². The van der Waals surface area contributed by atoms with Crippen molar-refractivity contribution in [2.45, 2.75) is 58.9 Å². The van der Waals surface area contributed by atoms with E-state index >= 15 is 0 Å². The maximum atomic E-state index is 5.96. The Kier molecular flexibility index (Phi) is 5.22. The largest absolute Gasteiger partial charge is 0.384 e. The lowest BCUT2D eigenvalue weighted by Gasteiger charge is -2.02. The molecule has 0 amide bonds. The Balaban J connectivity index is 2.28. The van der Waals surface area contributed by atoms with Gasteiger partial charge in [-0.15, -0.1) is 0 Å². The minimum absolute atomic E-state index is 0.855. The summed E-state index contributed by atoms with van der Waals surface area (Å²) in [5.41, 5.74) is 7.03. The first-order valence-corrected chi connectivity index (χ1v) is 6.09. The minimum atomic E-state index is 0.855. The molecule has 0 aliphatic rings. The molecule has 0 radical (unpaired) electrons. The van der Waals surface area contributed by atoms with Gasteiger partial charge >= 0.3 is 0 Å². The molecule has 0 saturated heterocycles. The second-order valence-corrected chi connectivity index (χ2v) is 4.03. The van der Waals surface area contributed by atoms with Crippen LogP contribution in [0.3, 0.4) is 0 Å². The first-order valence-electron chi connectivity index (χ1n) is 6.09. The van der Waals surface area contributed by atoms with Crippen LogP contribution in [0.25, 0.3) is 0 Å². The van der Waals surface area contributed by atoms with Gasteiger partial charge in [-0.05, 0) is 19.8 Å². The van der Waals surface area contributed by atoms with Crippen LogP contribution in [0.5, 0.6) is 0 Å². The second kappa shape index (κ2) is 6.49. The van der Waals surface area contributed by atoms with Crippen LogP contribution in [0.2, 0.25) is 0 Å². The molecule has 0 fully saturated rings. The Labute approximate surface area is 92.7 Å². The van der Waals surface area contributed by atoms with Crippen LogP contribution in [0.1, 0.15) is 51.6 Å². The molecule has 0 bridgehead atoms. The molecule has 3 nitrogen and oxygen atoms in total. The summed E-state index contributed by atoms with van der Waals surface area (Å²) >= 11 is 0. The lowest BCUT2D eigenvalue weighted by atomic mass is 10.1. The second-order valence-electron chi connectivity index (χ2n) is 4.03. The van der Waals surface area contributed by atoms with Gasteiger partial charge in [-0.3, -0.25) is 0 Å². The van der Waals surface area contributed by atoms with Crippen molar-refractivity contribution < 1.29 is 0 Å². The van der Waals surface area contributed by atoms with Crippen LogP contribution >= 0.6 is 0 Å². The van der Waals surface area contributed by atoms with E-state index in [0.29, 0.717) is 0 Å². The third-order valence-electron chi connectivity index (χ3n) is 2.82. The van der Waals surface area contributed by atoms with Gasteiger partial charge in [0.05, 0.1) is 12.0 Å². The summed E-state index contributed by atoms with van der Waals surface area (Å²) in [6, 6.07) is 0. The van der Waals surface area contributed by atoms with Crippen molar-refractivity contribution in [3.63, 3.8) is 0 Å². The molecule has 0 aliphatic heterocycles. The van der Waals surface area contributed by atoms with Crippen molar-refractivity contribution in [2.75, 3.05) is 5.73 Å². The first-order chi connectivity index (χ1) is 7.29. The van der Waals surface area contributed by atoms with Gasteiger partial charge in [-0.25, -0.2) is 4.98 Å². The van der Waals surface area contributed by atoms with E-state index < -0.39 is 0 Å². The molecule has 0 aromatic carbocycles. The van der Waals surface area contributed by atoms with E-state index in [4.69, 9.17) is 5.73 Å². The van der Waals surface area contributed by atoms with Gasteiger partial charge in [0.2, 0.25) is 0 Å². The number of rotatable bonds is 7. The van der Waals surface area contributed by atoms with Crippen molar-refractivity contribution in [3.05, 3.63) is 12.0 Å². The van der Waals surface area contributed by atoms with Crippen LogP contribution in [0.15, 0.2) is 6.33 Å². The Morgan fingerprint density at radius 2 is 1.93 bits per heavy atom. The number of anilines is 1. The fourth-order valence-corrected chi connectivity index (χ4v) is 1.77. The van der Waals surface area contributed by atoms with E-state index in [1.54, 1.807) is 0 Å². The van der Waals surface area contributed by atoms with Gasteiger partial charge in [0.1, 0.15) is 5.82 Å². The van der Waals surface area contributed by atoms with Gasteiger partial charge in [-0.2, -0.15) is 0 Å². The zero-order valence-corrected chi connectivity index (χ0v) is 10.00. The standard InChI is InChI=1S/C12H23N3/c1-3-5-6-7-8-9-11-12(13)15(4-2)10-14-11/h10H,3-9,13H2,1-2H3. The summed E-state index contributed by atoms with van der Waals surface area (Å²) < 4.78 is 2.00. The molecular formula is C12H23N3. The molecule has 0 saturated carbocycles. The first kappa shape index (κ1) is 12.1. The molecule has 3 heteroatoms. The minimum Gasteiger partial charge on any atom is -0.384 e. The molecule has 1 aromatic heterocycles. The number of aryl methyl sites for hydroxylation is 2. The maximum Gasteiger partial charge on any atom is 0.126 e. The fourth-order valence-electron chi connectivity index (χ4n) is 1.77. The Morgan fingerprint density at radius 3 is 2.53 bits per heavy atom. The van der Waals surface area contributed by atoms with Gasteiger partial charge in [0, 0.05) is 6.54 Å². The third-order valence-corrected chi connectivity index (χ3v) is 2.82. The summed E-state index contributed by atoms with van der Waals surface area (Å²) in [6.45, 7) is 5.23. The van der Waals surface area contributed by atoms with Crippen LogP contribution in [-0.4, -0.2) is 9.55 Å². The van der Waals surface area contributed by atoms with Crippen LogP contribution < -0.4 is 5.73 Å². The molecule has 86 valence electrons. The predicted molar refractivity (Wildman–Crippen MR) is 64.8 cm³/mol. The number of hydrogen-bond donors (Lipinski definition) is 1. The van der Waals surface area contributed by atoms with Crippen LogP contribution in [0.4, 0.5) is 5.82 Å². The zero-order valence-electron chi connectivity index (χ0n) is 10.00.